The Labute approximate surface area is 95.4 Å². The fraction of sp³-hybridized carbons (Fsp3) is 0.385. The van der Waals surface area contributed by atoms with Gasteiger partial charge in [0.15, 0.2) is 5.78 Å². The maximum Gasteiger partial charge on any atom is 0.306 e. The molecular formula is C13H16O3. The fourth-order valence-electron chi connectivity index (χ4n) is 1.43. The molecule has 0 radical (unpaired) electrons. The molecule has 0 spiro atoms. The van der Waals surface area contributed by atoms with Crippen LogP contribution < -0.4 is 0 Å². The van der Waals surface area contributed by atoms with Crippen LogP contribution in [0.5, 0.6) is 0 Å². The molecule has 1 atom stereocenters. The van der Waals surface area contributed by atoms with Crippen molar-refractivity contribution in [2.45, 2.75) is 20.3 Å². The lowest BCUT2D eigenvalue weighted by Gasteiger charge is -2.09. The van der Waals surface area contributed by atoms with Crippen LogP contribution in [0.3, 0.4) is 0 Å². The highest BCUT2D eigenvalue weighted by molar-refractivity contribution is 5.99. The van der Waals surface area contributed by atoms with E-state index in [1.807, 2.05) is 19.1 Å². The van der Waals surface area contributed by atoms with Crippen molar-refractivity contribution in [3.8, 4) is 0 Å². The number of esters is 1. The Hall–Kier alpha value is -1.64. The summed E-state index contributed by atoms with van der Waals surface area (Å²) in [7, 11) is 1.32. The second-order valence-electron chi connectivity index (χ2n) is 3.91. The summed E-state index contributed by atoms with van der Waals surface area (Å²) in [6.45, 7) is 3.70. The molecule has 0 saturated heterocycles. The van der Waals surface area contributed by atoms with Gasteiger partial charge in [-0.1, -0.05) is 36.8 Å². The maximum atomic E-state index is 11.9. The third-order valence-electron chi connectivity index (χ3n) is 2.48. The maximum absolute atomic E-state index is 11.9. The summed E-state index contributed by atoms with van der Waals surface area (Å²) < 4.78 is 4.53. The van der Waals surface area contributed by atoms with Gasteiger partial charge < -0.3 is 4.74 Å². The van der Waals surface area contributed by atoms with Crippen molar-refractivity contribution in [1.82, 2.24) is 0 Å². The highest BCUT2D eigenvalue weighted by atomic mass is 16.5. The van der Waals surface area contributed by atoms with Crippen molar-refractivity contribution in [2.24, 2.45) is 5.92 Å². The summed E-state index contributed by atoms with van der Waals surface area (Å²) in [5.74, 6) is -0.714. The molecule has 1 rings (SSSR count). The van der Waals surface area contributed by atoms with Gasteiger partial charge in [0.1, 0.15) is 0 Å². The molecule has 0 amide bonds. The number of hydrogen-bond acceptors (Lipinski definition) is 3. The monoisotopic (exact) mass is 220 g/mol. The van der Waals surface area contributed by atoms with Gasteiger partial charge in [0.2, 0.25) is 0 Å². The first-order valence-corrected chi connectivity index (χ1v) is 5.22. The Kier molecular flexibility index (Phi) is 4.23. The molecule has 0 N–H and O–H groups in total. The van der Waals surface area contributed by atoms with Gasteiger partial charge in [-0.2, -0.15) is 0 Å². The Bertz CT molecular complexity index is 379. The second-order valence-corrected chi connectivity index (χ2v) is 3.91. The molecule has 0 aliphatic rings. The molecule has 0 fully saturated rings. The highest BCUT2D eigenvalue weighted by Crippen LogP contribution is 2.13. The van der Waals surface area contributed by atoms with Gasteiger partial charge in [-0.15, -0.1) is 0 Å². The largest absolute Gasteiger partial charge is 0.469 e. The van der Waals surface area contributed by atoms with Crippen molar-refractivity contribution in [3.05, 3.63) is 35.4 Å². The van der Waals surface area contributed by atoms with Crippen LogP contribution >= 0.6 is 0 Å². The number of methoxy groups -OCH3 is 1. The normalized spacial score (nSPS) is 11.9. The number of hydrogen-bond donors (Lipinski definition) is 0. The summed E-state index contributed by atoms with van der Waals surface area (Å²) in [4.78, 5) is 22.9. The molecule has 1 unspecified atom stereocenters. The van der Waals surface area contributed by atoms with Gasteiger partial charge in [-0.25, -0.2) is 0 Å². The molecule has 0 saturated carbocycles. The van der Waals surface area contributed by atoms with E-state index in [9.17, 15) is 9.59 Å². The lowest BCUT2D eigenvalue weighted by atomic mass is 9.96. The van der Waals surface area contributed by atoms with Crippen LogP contribution in [0, 0.1) is 12.8 Å². The van der Waals surface area contributed by atoms with Crippen LogP contribution in [0.1, 0.15) is 29.3 Å². The van der Waals surface area contributed by atoms with Crippen molar-refractivity contribution in [1.29, 1.82) is 0 Å². The van der Waals surface area contributed by atoms with E-state index < -0.39 is 0 Å². The predicted molar refractivity (Wildman–Crippen MR) is 61.3 cm³/mol. The fourth-order valence-corrected chi connectivity index (χ4v) is 1.43. The zero-order chi connectivity index (χ0) is 12.1. The van der Waals surface area contributed by atoms with Crippen molar-refractivity contribution < 1.29 is 14.3 Å². The lowest BCUT2D eigenvalue weighted by molar-refractivity contribution is -0.141. The molecule has 0 heterocycles. The van der Waals surface area contributed by atoms with E-state index in [0.717, 1.165) is 5.56 Å². The number of Topliss-reactive ketones (excluding diaryl/α,β-unsaturated/α-hetero) is 1. The molecule has 16 heavy (non-hydrogen) atoms. The van der Waals surface area contributed by atoms with Gasteiger partial charge in [0.05, 0.1) is 13.5 Å². The van der Waals surface area contributed by atoms with Crippen molar-refractivity contribution >= 4 is 11.8 Å². The SMILES string of the molecule is COC(=O)CC(C)C(=O)c1ccc(C)cc1. The number of carbonyl (C=O) groups is 2. The standard InChI is InChI=1S/C13H16O3/c1-9-4-6-11(7-5-9)13(15)10(2)8-12(14)16-3/h4-7,10H,8H2,1-3H3. The third kappa shape index (κ3) is 3.19. The number of benzene rings is 1. The first kappa shape index (κ1) is 12.4. The Morgan fingerprint density at radius 3 is 2.31 bits per heavy atom. The Morgan fingerprint density at radius 2 is 1.81 bits per heavy atom. The van der Waals surface area contributed by atoms with E-state index in [4.69, 9.17) is 0 Å². The molecule has 1 aromatic carbocycles. The van der Waals surface area contributed by atoms with E-state index >= 15 is 0 Å². The minimum Gasteiger partial charge on any atom is -0.469 e. The van der Waals surface area contributed by atoms with E-state index in [-0.39, 0.29) is 24.1 Å². The van der Waals surface area contributed by atoms with E-state index in [1.165, 1.54) is 7.11 Å². The van der Waals surface area contributed by atoms with E-state index in [0.29, 0.717) is 5.56 Å². The Morgan fingerprint density at radius 1 is 1.25 bits per heavy atom. The number of ketones is 1. The Balaban J connectivity index is 2.70. The molecule has 1 aromatic rings. The minimum atomic E-state index is -0.354. The summed E-state index contributed by atoms with van der Waals surface area (Å²) in [5, 5.41) is 0. The molecular weight excluding hydrogens is 204 g/mol. The van der Waals surface area contributed by atoms with Crippen LogP contribution in [0.25, 0.3) is 0 Å². The van der Waals surface area contributed by atoms with Crippen LogP contribution in [0.4, 0.5) is 0 Å². The predicted octanol–water partition coefficient (Wildman–Crippen LogP) is 2.38. The quantitative estimate of drug-likeness (QED) is 0.578. The zero-order valence-electron chi connectivity index (χ0n) is 9.82. The number of ether oxygens (including phenoxy) is 1. The van der Waals surface area contributed by atoms with Crippen LogP contribution in [0.15, 0.2) is 24.3 Å². The number of aryl methyl sites for hydroxylation is 1. The topological polar surface area (TPSA) is 43.4 Å². The third-order valence-corrected chi connectivity index (χ3v) is 2.48. The van der Waals surface area contributed by atoms with Crippen molar-refractivity contribution in [3.63, 3.8) is 0 Å². The average molecular weight is 220 g/mol. The van der Waals surface area contributed by atoms with Gasteiger partial charge >= 0.3 is 5.97 Å². The average Bonchev–Trinajstić information content (AvgIpc) is 2.28. The smallest absolute Gasteiger partial charge is 0.306 e. The summed E-state index contributed by atoms with van der Waals surface area (Å²) in [6.07, 6.45) is 0.128. The molecule has 3 nitrogen and oxygen atoms in total. The van der Waals surface area contributed by atoms with E-state index in [1.54, 1.807) is 19.1 Å². The first-order chi connectivity index (χ1) is 7.54. The van der Waals surface area contributed by atoms with Gasteiger partial charge in [-0.05, 0) is 6.92 Å². The van der Waals surface area contributed by atoms with Gasteiger partial charge in [0, 0.05) is 11.5 Å². The molecule has 0 aliphatic heterocycles. The van der Waals surface area contributed by atoms with Gasteiger partial charge in [-0.3, -0.25) is 9.59 Å². The minimum absolute atomic E-state index is 0.0228. The molecule has 0 bridgehead atoms. The van der Waals surface area contributed by atoms with E-state index in [2.05, 4.69) is 4.74 Å². The number of carbonyl (C=O) groups excluding carboxylic acids is 2. The molecule has 86 valence electrons. The number of rotatable bonds is 4. The molecule has 0 aromatic heterocycles. The van der Waals surface area contributed by atoms with Crippen molar-refractivity contribution in [2.75, 3.05) is 7.11 Å². The van der Waals surface area contributed by atoms with Crippen LogP contribution in [-0.4, -0.2) is 18.9 Å². The zero-order valence-corrected chi connectivity index (χ0v) is 9.82. The van der Waals surface area contributed by atoms with Crippen LogP contribution in [0.2, 0.25) is 0 Å². The second kappa shape index (κ2) is 5.45. The highest BCUT2D eigenvalue weighted by Gasteiger charge is 2.18. The summed E-state index contributed by atoms with van der Waals surface area (Å²) in [5.41, 5.74) is 1.75. The first-order valence-electron chi connectivity index (χ1n) is 5.22. The van der Waals surface area contributed by atoms with Gasteiger partial charge in [0.25, 0.3) is 0 Å². The molecule has 3 heteroatoms. The summed E-state index contributed by atoms with van der Waals surface area (Å²) >= 11 is 0. The lowest BCUT2D eigenvalue weighted by Crippen LogP contribution is -2.16. The molecule has 0 aliphatic carbocycles. The van der Waals surface area contributed by atoms with Crippen LogP contribution in [-0.2, 0) is 9.53 Å². The summed E-state index contributed by atoms with van der Waals surface area (Å²) in [6, 6.07) is 7.34.